The number of rotatable bonds is 6. The highest BCUT2D eigenvalue weighted by molar-refractivity contribution is 6.35. The number of anilines is 2. The Morgan fingerprint density at radius 3 is 2.64 bits per heavy atom. The van der Waals surface area contributed by atoms with E-state index >= 15 is 0 Å². The molecule has 0 spiro atoms. The van der Waals surface area contributed by atoms with Gasteiger partial charge in [0.15, 0.2) is 5.78 Å². The quantitative estimate of drug-likeness (QED) is 0.414. The fraction of sp³-hybridized carbons (Fsp3) is 0.208. The second kappa shape index (κ2) is 8.29. The summed E-state index contributed by atoms with van der Waals surface area (Å²) in [7, 11) is 0. The van der Waals surface area contributed by atoms with Crippen molar-refractivity contribution in [1.82, 2.24) is 19.5 Å². The Morgan fingerprint density at radius 2 is 1.91 bits per heavy atom. The molecule has 0 bridgehead atoms. The van der Waals surface area contributed by atoms with E-state index < -0.39 is 6.04 Å². The highest BCUT2D eigenvalue weighted by Crippen LogP contribution is 2.35. The molecule has 2 aromatic carbocycles. The third-order valence-corrected chi connectivity index (χ3v) is 5.96. The summed E-state index contributed by atoms with van der Waals surface area (Å²) in [6.45, 7) is 1.85. The summed E-state index contributed by atoms with van der Waals surface area (Å²) in [5.74, 6) is 0.811. The summed E-state index contributed by atoms with van der Waals surface area (Å²) in [6.07, 6.45) is 3.17. The molecule has 1 fully saturated rings. The van der Waals surface area contributed by atoms with Crippen LogP contribution in [0.15, 0.2) is 59.5 Å². The van der Waals surface area contributed by atoms with Gasteiger partial charge in [-0.15, -0.1) is 0 Å². The Labute approximate surface area is 194 Å². The molecule has 8 nitrogen and oxygen atoms in total. The largest absolute Gasteiger partial charge is 0.368 e. The lowest BCUT2D eigenvalue weighted by atomic mass is 10.1. The fourth-order valence-corrected chi connectivity index (χ4v) is 4.10. The highest BCUT2D eigenvalue weighted by atomic mass is 35.5. The summed E-state index contributed by atoms with van der Waals surface area (Å²) < 4.78 is 1.53. The van der Waals surface area contributed by atoms with E-state index in [0.29, 0.717) is 38.8 Å². The van der Waals surface area contributed by atoms with Crippen LogP contribution in [0.25, 0.3) is 16.6 Å². The Bertz CT molecular complexity index is 1430. The molecule has 5 rings (SSSR count). The number of aromatic nitrogens is 4. The van der Waals surface area contributed by atoms with E-state index in [2.05, 4.69) is 15.3 Å². The third kappa shape index (κ3) is 3.93. The van der Waals surface area contributed by atoms with E-state index in [9.17, 15) is 9.59 Å². The summed E-state index contributed by atoms with van der Waals surface area (Å²) in [6, 6.07) is 13.9. The van der Waals surface area contributed by atoms with Crippen molar-refractivity contribution in [1.29, 1.82) is 0 Å². The standard InChI is InChI=1S/C24H21ClN6O2/c1-13(28-21-16(12-27-24(26)30-21)20(32)14-10-11-14)22-29-18-9-5-8-17(25)19(18)23(33)31(22)15-6-3-2-4-7-15/h2-9,12-14H,10-11H2,1H3,(H3,26,27,28,30)/t13-/m0/s1. The van der Waals surface area contributed by atoms with Crippen LogP contribution >= 0.6 is 11.6 Å². The number of Topliss-reactive ketones (excluding diaryl/α,β-unsaturated/α-hetero) is 1. The van der Waals surface area contributed by atoms with E-state index in [1.807, 2.05) is 37.3 Å². The lowest BCUT2D eigenvalue weighted by Crippen LogP contribution is -2.28. The van der Waals surface area contributed by atoms with Crippen molar-refractivity contribution < 1.29 is 4.79 Å². The van der Waals surface area contributed by atoms with E-state index in [1.165, 1.54) is 10.8 Å². The third-order valence-electron chi connectivity index (χ3n) is 5.65. The molecular weight excluding hydrogens is 440 g/mol. The van der Waals surface area contributed by atoms with Crippen LogP contribution in [0.2, 0.25) is 5.02 Å². The van der Waals surface area contributed by atoms with Gasteiger partial charge in [-0.3, -0.25) is 14.2 Å². The average Bonchev–Trinajstić information content (AvgIpc) is 3.65. The molecule has 0 amide bonds. The first kappa shape index (κ1) is 21.1. The molecule has 2 heterocycles. The van der Waals surface area contributed by atoms with Gasteiger partial charge in [0.2, 0.25) is 5.95 Å². The van der Waals surface area contributed by atoms with E-state index in [1.54, 1.807) is 18.2 Å². The number of nitrogen functional groups attached to an aromatic ring is 1. The topological polar surface area (TPSA) is 116 Å². The molecule has 0 unspecified atom stereocenters. The smallest absolute Gasteiger partial charge is 0.267 e. The average molecular weight is 461 g/mol. The molecule has 1 aliphatic rings. The van der Waals surface area contributed by atoms with Crippen LogP contribution in [0.3, 0.4) is 0 Å². The zero-order chi connectivity index (χ0) is 23.1. The minimum Gasteiger partial charge on any atom is -0.368 e. The Kier molecular flexibility index (Phi) is 5.30. The van der Waals surface area contributed by atoms with Gasteiger partial charge in [-0.2, -0.15) is 4.98 Å². The van der Waals surface area contributed by atoms with E-state index in [-0.39, 0.29) is 23.2 Å². The summed E-state index contributed by atoms with van der Waals surface area (Å²) in [4.78, 5) is 39.4. The number of hydrogen-bond donors (Lipinski definition) is 2. The minimum absolute atomic E-state index is 0.00323. The van der Waals surface area contributed by atoms with Gasteiger partial charge in [0, 0.05) is 12.1 Å². The second-order valence-electron chi connectivity index (χ2n) is 8.08. The number of hydrogen-bond acceptors (Lipinski definition) is 7. The van der Waals surface area contributed by atoms with Crippen molar-refractivity contribution in [2.24, 2.45) is 5.92 Å². The molecule has 9 heteroatoms. The van der Waals surface area contributed by atoms with E-state index in [4.69, 9.17) is 22.3 Å². The van der Waals surface area contributed by atoms with Crippen molar-refractivity contribution in [3.8, 4) is 5.69 Å². The maximum absolute atomic E-state index is 13.6. The molecule has 1 aliphatic carbocycles. The monoisotopic (exact) mass is 460 g/mol. The first-order chi connectivity index (χ1) is 15.9. The van der Waals surface area contributed by atoms with Crippen LogP contribution in [-0.4, -0.2) is 25.3 Å². The van der Waals surface area contributed by atoms with Crippen LogP contribution in [0.1, 0.15) is 42.0 Å². The molecule has 0 saturated heterocycles. The Balaban J connectivity index is 1.65. The maximum atomic E-state index is 13.6. The van der Waals surface area contributed by atoms with Crippen LogP contribution in [0.5, 0.6) is 0 Å². The number of fused-ring (bicyclic) bond motifs is 1. The van der Waals surface area contributed by atoms with Gasteiger partial charge in [0.05, 0.1) is 33.2 Å². The number of halogens is 1. The molecule has 4 aromatic rings. The molecule has 1 saturated carbocycles. The van der Waals surface area contributed by atoms with Gasteiger partial charge in [-0.1, -0.05) is 35.9 Å². The maximum Gasteiger partial charge on any atom is 0.267 e. The van der Waals surface area contributed by atoms with Crippen LogP contribution in [0, 0.1) is 5.92 Å². The molecule has 3 N–H and O–H groups in total. The number of carbonyl (C=O) groups excluding carboxylic acids is 1. The lowest BCUT2D eigenvalue weighted by Gasteiger charge is -2.21. The van der Waals surface area contributed by atoms with Crippen molar-refractivity contribution in [2.75, 3.05) is 11.1 Å². The Hall–Kier alpha value is -3.78. The van der Waals surface area contributed by atoms with Crippen molar-refractivity contribution >= 4 is 40.1 Å². The van der Waals surface area contributed by atoms with Gasteiger partial charge in [0.1, 0.15) is 11.6 Å². The fourth-order valence-electron chi connectivity index (χ4n) is 3.84. The molecule has 1 atom stereocenters. The number of nitrogens with one attached hydrogen (secondary N) is 1. The molecule has 0 radical (unpaired) electrons. The van der Waals surface area contributed by atoms with Crippen LogP contribution in [0.4, 0.5) is 11.8 Å². The van der Waals surface area contributed by atoms with E-state index in [0.717, 1.165) is 12.8 Å². The Morgan fingerprint density at radius 1 is 1.15 bits per heavy atom. The lowest BCUT2D eigenvalue weighted by molar-refractivity contribution is 0.0968. The second-order valence-corrected chi connectivity index (χ2v) is 8.48. The van der Waals surface area contributed by atoms with Crippen LogP contribution < -0.4 is 16.6 Å². The summed E-state index contributed by atoms with van der Waals surface area (Å²) >= 11 is 6.35. The first-order valence-corrected chi connectivity index (χ1v) is 11.0. The number of nitrogens with two attached hydrogens (primary N) is 1. The summed E-state index contributed by atoms with van der Waals surface area (Å²) in [5.41, 5.74) is 7.05. The van der Waals surface area contributed by atoms with Gasteiger partial charge < -0.3 is 11.1 Å². The predicted octanol–water partition coefficient (Wildman–Crippen LogP) is 4.18. The highest BCUT2D eigenvalue weighted by Gasteiger charge is 2.33. The molecule has 0 aliphatic heterocycles. The molecule has 166 valence electrons. The molecule has 2 aromatic heterocycles. The normalized spacial score (nSPS) is 14.2. The van der Waals surface area contributed by atoms with Gasteiger partial charge in [0.25, 0.3) is 5.56 Å². The zero-order valence-electron chi connectivity index (χ0n) is 17.8. The van der Waals surface area contributed by atoms with Crippen LogP contribution in [-0.2, 0) is 0 Å². The predicted molar refractivity (Wildman–Crippen MR) is 128 cm³/mol. The first-order valence-electron chi connectivity index (χ1n) is 10.6. The van der Waals surface area contributed by atoms with Gasteiger partial charge >= 0.3 is 0 Å². The minimum atomic E-state index is -0.499. The van der Waals surface area contributed by atoms with Gasteiger partial charge in [-0.05, 0) is 44.0 Å². The summed E-state index contributed by atoms with van der Waals surface area (Å²) in [5, 5.41) is 3.92. The number of carbonyl (C=O) groups is 1. The van der Waals surface area contributed by atoms with Gasteiger partial charge in [-0.25, -0.2) is 9.97 Å². The SMILES string of the molecule is C[C@H](Nc1nc(N)ncc1C(=O)C1CC1)c1nc2cccc(Cl)c2c(=O)n1-c1ccccc1. The number of nitrogens with zero attached hydrogens (tertiary/aromatic N) is 4. The molecule has 33 heavy (non-hydrogen) atoms. The number of benzene rings is 2. The zero-order valence-corrected chi connectivity index (χ0v) is 18.6. The van der Waals surface area contributed by atoms with Crippen molar-refractivity contribution in [3.63, 3.8) is 0 Å². The molecular formula is C24H21ClN6O2. The number of ketones is 1. The number of para-hydroxylation sites is 1. The van der Waals surface area contributed by atoms with Crippen molar-refractivity contribution in [2.45, 2.75) is 25.8 Å². The van der Waals surface area contributed by atoms with Crippen molar-refractivity contribution in [3.05, 3.63) is 81.5 Å².